The molecule has 382 valence electrons. The quantitative estimate of drug-likeness (QED) is 0.0321. The van der Waals surface area contributed by atoms with Gasteiger partial charge >= 0.3 is 5.97 Å². The second kappa shape index (κ2) is 54.7. The van der Waals surface area contributed by atoms with Crippen LogP contribution in [0.4, 0.5) is 0 Å². The summed E-state index contributed by atoms with van der Waals surface area (Å²) in [6.45, 7) is 4.87. The van der Waals surface area contributed by atoms with Crippen molar-refractivity contribution in [2.24, 2.45) is 0 Å². The number of aliphatic hydroxyl groups is 2. The monoisotopic (exact) mass is 914 g/mol. The molecule has 6 heteroatoms. The lowest BCUT2D eigenvalue weighted by Gasteiger charge is -2.20. The van der Waals surface area contributed by atoms with Gasteiger partial charge in [0.2, 0.25) is 5.91 Å². The molecule has 0 heterocycles. The molecule has 3 N–H and O–H groups in total. The molecule has 0 aliphatic carbocycles. The van der Waals surface area contributed by atoms with Gasteiger partial charge in [0.05, 0.1) is 25.4 Å². The van der Waals surface area contributed by atoms with Crippen LogP contribution in [0.3, 0.4) is 0 Å². The smallest absolute Gasteiger partial charge is 0.305 e. The highest BCUT2D eigenvalue weighted by molar-refractivity contribution is 5.76. The standard InChI is InChI=1S/C59H111NO5/c1-3-5-7-9-11-13-15-17-18-21-25-29-33-37-41-45-49-53-59(64)65-54-50-46-42-38-34-30-26-23-20-19-22-24-28-32-36-40-44-48-52-58(63)60-56(55-61)57(62)51-47-43-39-35-31-27-16-14-12-10-8-6-4-2/h11,13,17-18,47,51,56-57,61-62H,3-10,12,14-16,19-46,48-50,52-55H2,1-2H3,(H,60,63)/b13-11-,18-17-,51-47+. The maximum absolute atomic E-state index is 12.4. The van der Waals surface area contributed by atoms with E-state index in [4.69, 9.17) is 4.74 Å². The van der Waals surface area contributed by atoms with Crippen LogP contribution in [0.15, 0.2) is 36.5 Å². The van der Waals surface area contributed by atoms with Crippen LogP contribution in [0.2, 0.25) is 0 Å². The summed E-state index contributed by atoms with van der Waals surface area (Å²) in [5, 5.41) is 23.1. The number of esters is 1. The Bertz CT molecular complexity index is 1060. The third kappa shape index (κ3) is 51.3. The molecule has 0 saturated heterocycles. The topological polar surface area (TPSA) is 95.9 Å². The largest absolute Gasteiger partial charge is 0.466 e. The van der Waals surface area contributed by atoms with Crippen LogP contribution in [0.1, 0.15) is 303 Å². The van der Waals surface area contributed by atoms with Crippen molar-refractivity contribution < 1.29 is 24.5 Å². The Kier molecular flexibility index (Phi) is 53.1. The summed E-state index contributed by atoms with van der Waals surface area (Å²) in [5.41, 5.74) is 0. The lowest BCUT2D eigenvalue weighted by atomic mass is 10.0. The van der Waals surface area contributed by atoms with Gasteiger partial charge < -0.3 is 20.3 Å². The highest BCUT2D eigenvalue weighted by Gasteiger charge is 2.18. The molecule has 0 aromatic carbocycles. The first kappa shape index (κ1) is 63.1. The summed E-state index contributed by atoms with van der Waals surface area (Å²) in [6, 6.07) is -0.630. The van der Waals surface area contributed by atoms with Gasteiger partial charge in [0.25, 0.3) is 0 Å². The Hall–Kier alpha value is -1.92. The molecule has 2 unspecified atom stereocenters. The number of hydrogen-bond donors (Lipinski definition) is 3. The fraction of sp³-hybridized carbons (Fsp3) is 0.864. The zero-order valence-corrected chi connectivity index (χ0v) is 43.5. The molecule has 0 bridgehead atoms. The second-order valence-electron chi connectivity index (χ2n) is 19.6. The van der Waals surface area contributed by atoms with Gasteiger partial charge in [0, 0.05) is 12.8 Å². The summed E-state index contributed by atoms with van der Waals surface area (Å²) < 4.78 is 5.48. The Labute approximate surface area is 404 Å². The van der Waals surface area contributed by atoms with E-state index < -0.39 is 12.1 Å². The molecule has 0 spiro atoms. The molecule has 0 fully saturated rings. The van der Waals surface area contributed by atoms with E-state index in [1.807, 2.05) is 6.08 Å². The molecule has 0 saturated carbocycles. The fourth-order valence-corrected chi connectivity index (χ4v) is 8.72. The molecule has 0 aromatic rings. The van der Waals surface area contributed by atoms with Crippen LogP contribution < -0.4 is 5.32 Å². The first-order chi connectivity index (χ1) is 32.0. The molecule has 0 rings (SSSR count). The van der Waals surface area contributed by atoms with Gasteiger partial charge in [-0.05, 0) is 64.2 Å². The summed E-state index contributed by atoms with van der Waals surface area (Å²) in [6.07, 6.45) is 67.3. The number of ether oxygens (including phenoxy) is 1. The minimum Gasteiger partial charge on any atom is -0.466 e. The predicted octanol–water partition coefficient (Wildman–Crippen LogP) is 17.6. The van der Waals surface area contributed by atoms with E-state index in [2.05, 4.69) is 43.5 Å². The predicted molar refractivity (Wildman–Crippen MR) is 283 cm³/mol. The lowest BCUT2D eigenvalue weighted by molar-refractivity contribution is -0.143. The number of carbonyl (C=O) groups excluding carboxylic acids is 2. The van der Waals surface area contributed by atoms with E-state index in [1.165, 1.54) is 225 Å². The molecule has 6 nitrogen and oxygen atoms in total. The lowest BCUT2D eigenvalue weighted by Crippen LogP contribution is -2.45. The molecule has 0 aliphatic rings. The number of aliphatic hydroxyl groups excluding tert-OH is 2. The Balaban J connectivity index is 3.42. The average Bonchev–Trinajstić information content (AvgIpc) is 3.31. The van der Waals surface area contributed by atoms with E-state index in [-0.39, 0.29) is 18.5 Å². The second-order valence-corrected chi connectivity index (χ2v) is 19.6. The van der Waals surface area contributed by atoms with Crippen LogP contribution in [-0.2, 0) is 14.3 Å². The van der Waals surface area contributed by atoms with Gasteiger partial charge in [0.1, 0.15) is 0 Å². The van der Waals surface area contributed by atoms with Crippen LogP contribution in [-0.4, -0.2) is 47.4 Å². The first-order valence-electron chi connectivity index (χ1n) is 28.8. The SMILES string of the molecule is CCCCC/C=C\C/C=C\CCCCCCCCCC(=O)OCCCCCCCCCCCCCCCCCCCCC(=O)NC(CO)C(O)/C=C/CCCCCCCCCCCCC. The number of allylic oxidation sites excluding steroid dienone is 5. The van der Waals surface area contributed by atoms with Gasteiger partial charge in [-0.1, -0.05) is 262 Å². The van der Waals surface area contributed by atoms with E-state index >= 15 is 0 Å². The van der Waals surface area contributed by atoms with Crippen LogP contribution in [0.5, 0.6) is 0 Å². The number of carbonyl (C=O) groups is 2. The number of amides is 1. The number of rotatable bonds is 53. The van der Waals surface area contributed by atoms with E-state index in [1.54, 1.807) is 6.08 Å². The molecule has 2 atom stereocenters. The Morgan fingerprint density at radius 2 is 0.769 bits per heavy atom. The summed E-state index contributed by atoms with van der Waals surface area (Å²) >= 11 is 0. The molecule has 65 heavy (non-hydrogen) atoms. The van der Waals surface area contributed by atoms with Crippen LogP contribution in [0, 0.1) is 0 Å². The first-order valence-corrected chi connectivity index (χ1v) is 28.8. The normalized spacial score (nSPS) is 12.9. The molecule has 0 aliphatic heterocycles. The Morgan fingerprint density at radius 3 is 1.20 bits per heavy atom. The average molecular weight is 915 g/mol. The van der Waals surface area contributed by atoms with Crippen molar-refractivity contribution in [3.8, 4) is 0 Å². The van der Waals surface area contributed by atoms with Gasteiger partial charge in [-0.25, -0.2) is 0 Å². The zero-order valence-electron chi connectivity index (χ0n) is 43.5. The van der Waals surface area contributed by atoms with Crippen molar-refractivity contribution >= 4 is 11.9 Å². The molecule has 1 amide bonds. The number of hydrogen-bond acceptors (Lipinski definition) is 5. The zero-order chi connectivity index (χ0) is 47.2. The molecule has 0 aromatic heterocycles. The van der Waals surface area contributed by atoms with Crippen molar-refractivity contribution in [2.45, 2.75) is 315 Å². The van der Waals surface area contributed by atoms with Crippen LogP contribution >= 0.6 is 0 Å². The van der Waals surface area contributed by atoms with Crippen molar-refractivity contribution in [3.63, 3.8) is 0 Å². The van der Waals surface area contributed by atoms with E-state index in [0.29, 0.717) is 19.4 Å². The third-order valence-electron chi connectivity index (χ3n) is 13.2. The van der Waals surface area contributed by atoms with E-state index in [0.717, 1.165) is 51.4 Å². The summed E-state index contributed by atoms with van der Waals surface area (Å²) in [7, 11) is 0. The van der Waals surface area contributed by atoms with E-state index in [9.17, 15) is 19.8 Å². The van der Waals surface area contributed by atoms with Gasteiger partial charge in [-0.2, -0.15) is 0 Å². The maximum Gasteiger partial charge on any atom is 0.305 e. The summed E-state index contributed by atoms with van der Waals surface area (Å²) in [5.74, 6) is -0.0739. The van der Waals surface area contributed by atoms with Crippen LogP contribution in [0.25, 0.3) is 0 Å². The van der Waals surface area contributed by atoms with Crippen molar-refractivity contribution in [3.05, 3.63) is 36.5 Å². The van der Waals surface area contributed by atoms with Gasteiger partial charge in [-0.3, -0.25) is 9.59 Å². The van der Waals surface area contributed by atoms with Gasteiger partial charge in [0.15, 0.2) is 0 Å². The minimum absolute atomic E-state index is 0.00152. The molecule has 0 radical (unpaired) electrons. The van der Waals surface area contributed by atoms with Crippen molar-refractivity contribution in [1.29, 1.82) is 0 Å². The fourth-order valence-electron chi connectivity index (χ4n) is 8.72. The van der Waals surface area contributed by atoms with Gasteiger partial charge in [-0.15, -0.1) is 0 Å². The Morgan fingerprint density at radius 1 is 0.431 bits per heavy atom. The highest BCUT2D eigenvalue weighted by atomic mass is 16.5. The molecular formula is C59H111NO5. The minimum atomic E-state index is -0.847. The summed E-state index contributed by atoms with van der Waals surface area (Å²) in [4.78, 5) is 24.5. The number of nitrogens with one attached hydrogen (secondary N) is 1. The highest BCUT2D eigenvalue weighted by Crippen LogP contribution is 2.17. The molecular weight excluding hydrogens is 803 g/mol. The maximum atomic E-state index is 12.4. The van der Waals surface area contributed by atoms with Crippen molar-refractivity contribution in [2.75, 3.05) is 13.2 Å². The third-order valence-corrected chi connectivity index (χ3v) is 13.2. The van der Waals surface area contributed by atoms with Crippen molar-refractivity contribution in [1.82, 2.24) is 5.32 Å². The number of unbranched alkanes of at least 4 members (excludes halogenated alkanes) is 38.